The Morgan fingerprint density at radius 3 is 2.00 bits per heavy atom. The Balaban J connectivity index is 1.48. The highest BCUT2D eigenvalue weighted by Gasteiger charge is 2.35. The van der Waals surface area contributed by atoms with Gasteiger partial charge in [0.1, 0.15) is 0 Å². The van der Waals surface area contributed by atoms with E-state index in [2.05, 4.69) is 13.8 Å². The summed E-state index contributed by atoms with van der Waals surface area (Å²) < 4.78 is 40.1. The zero-order chi connectivity index (χ0) is 25.0. The van der Waals surface area contributed by atoms with Crippen LogP contribution in [0.5, 0.6) is 11.5 Å². The molecule has 1 saturated carbocycles. The van der Waals surface area contributed by atoms with E-state index in [0.29, 0.717) is 23.7 Å². The molecule has 0 heterocycles. The molecular weight excluding hydrogens is 446 g/mol. The maximum Gasteiger partial charge on any atom is 0.314 e. The Hall–Kier alpha value is -2.43. The van der Waals surface area contributed by atoms with Crippen LogP contribution in [-0.4, -0.2) is 12.6 Å². The Labute approximate surface area is 209 Å². The molecular formula is C30H40F2O3. The number of hydrogen-bond donors (Lipinski definition) is 0. The summed E-state index contributed by atoms with van der Waals surface area (Å²) in [7, 11) is 0. The summed E-state index contributed by atoms with van der Waals surface area (Å²) in [5, 5.41) is 0. The quantitative estimate of drug-likeness (QED) is 0.143. The van der Waals surface area contributed by atoms with E-state index < -0.39 is 11.6 Å². The van der Waals surface area contributed by atoms with Crippen LogP contribution >= 0.6 is 0 Å². The first kappa shape index (κ1) is 27.2. The Morgan fingerprint density at radius 1 is 0.800 bits per heavy atom. The summed E-state index contributed by atoms with van der Waals surface area (Å²) in [4.78, 5) is 12.4. The predicted octanol–water partition coefficient (Wildman–Crippen LogP) is 8.88. The maximum atomic E-state index is 14.7. The number of halogens is 2. The first-order chi connectivity index (χ1) is 17.0. The largest absolute Gasteiger partial charge is 0.491 e. The number of benzene rings is 2. The number of carbonyl (C=O) groups is 1. The lowest BCUT2D eigenvalue weighted by molar-refractivity contribution is -0.143. The predicted molar refractivity (Wildman–Crippen MR) is 137 cm³/mol. The SMILES string of the molecule is CCCCCCCCOc1ccc(-c2ccc(OC(=O)C3CC(CCCCC)C3)c(F)c2)cc1F. The van der Waals surface area contributed by atoms with E-state index in [-0.39, 0.29) is 23.4 Å². The topological polar surface area (TPSA) is 35.5 Å². The van der Waals surface area contributed by atoms with Crippen molar-refractivity contribution in [3.63, 3.8) is 0 Å². The van der Waals surface area contributed by atoms with Crippen molar-refractivity contribution in [3.05, 3.63) is 48.0 Å². The number of unbranched alkanes of at least 4 members (excludes halogenated alkanes) is 7. The number of esters is 1. The normalized spacial score (nSPS) is 17.1. The van der Waals surface area contributed by atoms with Crippen LogP contribution in [0.4, 0.5) is 8.78 Å². The second kappa shape index (κ2) is 14.2. The molecule has 3 nitrogen and oxygen atoms in total. The smallest absolute Gasteiger partial charge is 0.314 e. The molecule has 1 aliphatic rings. The van der Waals surface area contributed by atoms with Crippen molar-refractivity contribution in [3.8, 4) is 22.6 Å². The van der Waals surface area contributed by atoms with E-state index in [0.717, 1.165) is 32.1 Å². The van der Waals surface area contributed by atoms with Gasteiger partial charge in [0, 0.05) is 0 Å². The third kappa shape index (κ3) is 8.33. The zero-order valence-electron chi connectivity index (χ0n) is 21.3. The average Bonchev–Trinajstić information content (AvgIpc) is 2.82. The molecule has 1 aliphatic carbocycles. The second-order valence-electron chi connectivity index (χ2n) is 9.86. The summed E-state index contributed by atoms with van der Waals surface area (Å²) >= 11 is 0. The lowest BCUT2D eigenvalue weighted by Crippen LogP contribution is -2.33. The standard InChI is InChI=1S/C30H40F2O3/c1-3-5-7-8-9-11-17-34-28-15-13-23(20-26(28)31)24-14-16-29(27(32)21-24)35-30(33)25-18-22(19-25)12-10-6-4-2/h13-16,20-22,25H,3-12,17-19H2,1-2H3. The molecule has 5 heteroatoms. The van der Waals surface area contributed by atoms with Crippen LogP contribution < -0.4 is 9.47 Å². The van der Waals surface area contributed by atoms with Gasteiger partial charge in [0.2, 0.25) is 0 Å². The molecule has 0 aromatic heterocycles. The van der Waals surface area contributed by atoms with Gasteiger partial charge < -0.3 is 9.47 Å². The van der Waals surface area contributed by atoms with Crippen molar-refractivity contribution in [2.45, 2.75) is 90.9 Å². The minimum Gasteiger partial charge on any atom is -0.491 e. The van der Waals surface area contributed by atoms with Crippen LogP contribution in [0.15, 0.2) is 36.4 Å². The van der Waals surface area contributed by atoms with E-state index in [9.17, 15) is 13.6 Å². The van der Waals surface area contributed by atoms with Crippen LogP contribution in [0.25, 0.3) is 11.1 Å². The van der Waals surface area contributed by atoms with Crippen molar-refractivity contribution >= 4 is 5.97 Å². The van der Waals surface area contributed by atoms with Gasteiger partial charge >= 0.3 is 5.97 Å². The molecule has 0 unspecified atom stereocenters. The van der Waals surface area contributed by atoms with E-state index in [1.165, 1.54) is 63.1 Å². The van der Waals surface area contributed by atoms with E-state index >= 15 is 0 Å². The zero-order valence-corrected chi connectivity index (χ0v) is 21.3. The van der Waals surface area contributed by atoms with Crippen LogP contribution in [0.3, 0.4) is 0 Å². The highest BCUT2D eigenvalue weighted by molar-refractivity contribution is 5.76. The van der Waals surface area contributed by atoms with Crippen molar-refractivity contribution in [1.82, 2.24) is 0 Å². The third-order valence-corrected chi connectivity index (χ3v) is 6.95. The Kier molecular flexibility index (Phi) is 11.0. The van der Waals surface area contributed by atoms with E-state index in [4.69, 9.17) is 9.47 Å². The minimum atomic E-state index is -0.626. The van der Waals surface area contributed by atoms with E-state index in [1.807, 2.05) is 0 Å². The second-order valence-corrected chi connectivity index (χ2v) is 9.86. The molecule has 0 bridgehead atoms. The molecule has 0 saturated heterocycles. The van der Waals surface area contributed by atoms with Crippen molar-refractivity contribution in [1.29, 1.82) is 0 Å². The summed E-state index contributed by atoms with van der Waals surface area (Å²) in [6.07, 6.45) is 13.3. The highest BCUT2D eigenvalue weighted by Crippen LogP contribution is 2.38. The Bertz CT molecular complexity index is 937. The van der Waals surface area contributed by atoms with Crippen LogP contribution in [0.2, 0.25) is 0 Å². The molecule has 35 heavy (non-hydrogen) atoms. The molecule has 1 fully saturated rings. The van der Waals surface area contributed by atoms with Gasteiger partial charge in [0.25, 0.3) is 0 Å². The monoisotopic (exact) mass is 486 g/mol. The van der Waals surface area contributed by atoms with Crippen molar-refractivity contribution in [2.75, 3.05) is 6.61 Å². The highest BCUT2D eigenvalue weighted by atomic mass is 19.1. The maximum absolute atomic E-state index is 14.7. The summed E-state index contributed by atoms with van der Waals surface area (Å²) in [6.45, 7) is 4.85. The third-order valence-electron chi connectivity index (χ3n) is 6.95. The minimum absolute atomic E-state index is 0.0763. The molecule has 0 aliphatic heterocycles. The lowest BCUT2D eigenvalue weighted by Gasteiger charge is -2.33. The molecule has 0 spiro atoms. The fourth-order valence-corrected chi connectivity index (χ4v) is 4.66. The number of ether oxygens (including phenoxy) is 2. The van der Waals surface area contributed by atoms with Crippen molar-refractivity contribution < 1.29 is 23.0 Å². The van der Waals surface area contributed by atoms with Gasteiger partial charge in [0.05, 0.1) is 12.5 Å². The van der Waals surface area contributed by atoms with Gasteiger partial charge in [-0.15, -0.1) is 0 Å². The summed E-state index contributed by atoms with van der Waals surface area (Å²) in [6, 6.07) is 9.02. The van der Waals surface area contributed by atoms with Crippen LogP contribution in [-0.2, 0) is 4.79 Å². The Morgan fingerprint density at radius 2 is 1.37 bits per heavy atom. The molecule has 0 N–H and O–H groups in total. The molecule has 3 rings (SSSR count). The molecule has 0 amide bonds. The summed E-state index contributed by atoms with van der Waals surface area (Å²) in [5.41, 5.74) is 1.06. The van der Waals surface area contributed by atoms with Gasteiger partial charge in [-0.25, -0.2) is 8.78 Å². The first-order valence-electron chi connectivity index (χ1n) is 13.5. The molecule has 2 aromatic carbocycles. The molecule has 2 aromatic rings. The van der Waals surface area contributed by atoms with Gasteiger partial charge in [-0.2, -0.15) is 0 Å². The van der Waals surface area contributed by atoms with E-state index in [1.54, 1.807) is 18.2 Å². The number of rotatable bonds is 15. The van der Waals surface area contributed by atoms with Gasteiger partial charge in [0.15, 0.2) is 23.1 Å². The fourth-order valence-electron chi connectivity index (χ4n) is 4.66. The average molecular weight is 487 g/mol. The number of hydrogen-bond acceptors (Lipinski definition) is 3. The summed E-state index contributed by atoms with van der Waals surface area (Å²) in [5.74, 6) is -0.880. The number of carbonyl (C=O) groups excluding carboxylic acids is 1. The molecule has 0 atom stereocenters. The molecule has 192 valence electrons. The van der Waals surface area contributed by atoms with Gasteiger partial charge in [-0.05, 0) is 60.6 Å². The van der Waals surface area contributed by atoms with Crippen LogP contribution in [0.1, 0.15) is 90.9 Å². The van der Waals surface area contributed by atoms with Crippen molar-refractivity contribution in [2.24, 2.45) is 11.8 Å². The molecule has 0 radical (unpaired) electrons. The fraction of sp³-hybridized carbons (Fsp3) is 0.567. The first-order valence-corrected chi connectivity index (χ1v) is 13.5. The lowest BCUT2D eigenvalue weighted by atomic mass is 9.72. The van der Waals surface area contributed by atoms with Gasteiger partial charge in [-0.3, -0.25) is 4.79 Å². The van der Waals surface area contributed by atoms with Crippen LogP contribution in [0, 0.1) is 23.5 Å². The van der Waals surface area contributed by atoms with Gasteiger partial charge in [-0.1, -0.05) is 83.8 Å².